The molecule has 1 aliphatic rings. The Bertz CT molecular complexity index is 283. The van der Waals surface area contributed by atoms with Crippen LogP contribution in [0, 0.1) is 0 Å². The first-order valence-corrected chi connectivity index (χ1v) is 5.44. The summed E-state index contributed by atoms with van der Waals surface area (Å²) in [4.78, 5) is 0. The lowest BCUT2D eigenvalue weighted by Crippen LogP contribution is -2.30. The number of rotatable bonds is 1. The molecule has 0 radical (unpaired) electrons. The molecule has 0 spiro atoms. The topological polar surface area (TPSA) is 20.2 Å². The van der Waals surface area contributed by atoms with Crippen molar-refractivity contribution < 1.29 is 5.11 Å². The zero-order valence-corrected chi connectivity index (χ0v) is 8.74. The highest BCUT2D eigenvalue weighted by Gasteiger charge is 2.31. The maximum Gasteiger partial charge on any atom is 0.0540 e. The minimum absolute atomic E-state index is 0.0632. The lowest BCUT2D eigenvalue weighted by molar-refractivity contribution is 0.100. The minimum atomic E-state index is -0.0632. The SMILES string of the molecule is CC1(c2ccccc2)CCC(O)CC1. The van der Waals surface area contributed by atoms with Crippen molar-refractivity contribution in [1.82, 2.24) is 0 Å². The molecule has 1 aromatic carbocycles. The van der Waals surface area contributed by atoms with E-state index in [2.05, 4.69) is 37.3 Å². The molecule has 76 valence electrons. The summed E-state index contributed by atoms with van der Waals surface area (Å²) in [5.74, 6) is 0. The van der Waals surface area contributed by atoms with Gasteiger partial charge in [0.15, 0.2) is 0 Å². The van der Waals surface area contributed by atoms with Crippen LogP contribution in [0.1, 0.15) is 38.2 Å². The Kier molecular flexibility index (Phi) is 2.60. The first kappa shape index (κ1) is 9.72. The van der Waals surface area contributed by atoms with E-state index in [0.29, 0.717) is 5.41 Å². The maximum atomic E-state index is 9.49. The van der Waals surface area contributed by atoms with Gasteiger partial charge < -0.3 is 5.11 Å². The van der Waals surface area contributed by atoms with Gasteiger partial charge in [0.25, 0.3) is 0 Å². The van der Waals surface area contributed by atoms with Crippen molar-refractivity contribution in [1.29, 1.82) is 0 Å². The lowest BCUT2D eigenvalue weighted by Gasteiger charge is -2.36. The summed E-state index contributed by atoms with van der Waals surface area (Å²) in [6.07, 6.45) is 4.06. The molecule has 1 aromatic rings. The molecule has 0 aliphatic heterocycles. The quantitative estimate of drug-likeness (QED) is 0.722. The standard InChI is InChI=1S/C13H18O/c1-13(9-7-12(14)8-10-13)11-5-3-2-4-6-11/h2-6,12,14H,7-10H2,1H3. The van der Waals surface area contributed by atoms with Crippen molar-refractivity contribution in [2.45, 2.75) is 44.1 Å². The molecule has 0 unspecified atom stereocenters. The Morgan fingerprint density at radius 3 is 2.29 bits per heavy atom. The molecule has 2 rings (SSSR count). The van der Waals surface area contributed by atoms with Crippen LogP contribution >= 0.6 is 0 Å². The molecule has 0 heterocycles. The monoisotopic (exact) mass is 190 g/mol. The Morgan fingerprint density at radius 2 is 1.71 bits per heavy atom. The number of benzene rings is 1. The fourth-order valence-electron chi connectivity index (χ4n) is 2.37. The van der Waals surface area contributed by atoms with Gasteiger partial charge in [0.2, 0.25) is 0 Å². The van der Waals surface area contributed by atoms with E-state index >= 15 is 0 Å². The lowest BCUT2D eigenvalue weighted by atomic mass is 9.70. The predicted octanol–water partition coefficient (Wildman–Crippen LogP) is 2.88. The first-order valence-electron chi connectivity index (χ1n) is 5.44. The summed E-state index contributed by atoms with van der Waals surface area (Å²) in [7, 11) is 0. The van der Waals surface area contributed by atoms with Crippen LogP contribution in [0.15, 0.2) is 30.3 Å². The molecule has 1 fully saturated rings. The van der Waals surface area contributed by atoms with Gasteiger partial charge in [0.05, 0.1) is 6.10 Å². The van der Waals surface area contributed by atoms with E-state index in [-0.39, 0.29) is 6.10 Å². The van der Waals surface area contributed by atoms with Crippen LogP contribution in [0.5, 0.6) is 0 Å². The molecule has 0 aromatic heterocycles. The number of hydrogen-bond acceptors (Lipinski definition) is 1. The third-order valence-electron chi connectivity index (χ3n) is 3.53. The zero-order valence-electron chi connectivity index (χ0n) is 8.74. The second-order valence-electron chi connectivity index (χ2n) is 4.66. The summed E-state index contributed by atoms with van der Waals surface area (Å²) >= 11 is 0. The van der Waals surface area contributed by atoms with E-state index in [0.717, 1.165) is 25.7 Å². The number of aliphatic hydroxyl groups is 1. The molecule has 0 bridgehead atoms. The maximum absolute atomic E-state index is 9.49. The molecular formula is C13H18O. The molecule has 1 N–H and O–H groups in total. The van der Waals surface area contributed by atoms with E-state index in [1.54, 1.807) is 0 Å². The largest absolute Gasteiger partial charge is 0.393 e. The normalized spacial score (nSPS) is 32.9. The molecule has 1 nitrogen and oxygen atoms in total. The van der Waals surface area contributed by atoms with Crippen molar-refractivity contribution in [2.75, 3.05) is 0 Å². The zero-order chi connectivity index (χ0) is 10.0. The highest BCUT2D eigenvalue weighted by molar-refractivity contribution is 5.24. The summed E-state index contributed by atoms with van der Waals surface area (Å²) < 4.78 is 0. The Labute approximate surface area is 85.8 Å². The van der Waals surface area contributed by atoms with Gasteiger partial charge in [-0.2, -0.15) is 0 Å². The Hall–Kier alpha value is -0.820. The molecule has 14 heavy (non-hydrogen) atoms. The van der Waals surface area contributed by atoms with Gasteiger partial charge in [-0.3, -0.25) is 0 Å². The molecule has 0 atom stereocenters. The van der Waals surface area contributed by atoms with Crippen LogP contribution in [0.25, 0.3) is 0 Å². The van der Waals surface area contributed by atoms with Crippen molar-refractivity contribution >= 4 is 0 Å². The summed E-state index contributed by atoms with van der Waals surface area (Å²) in [6.45, 7) is 2.31. The van der Waals surface area contributed by atoms with Gasteiger partial charge in [-0.25, -0.2) is 0 Å². The first-order chi connectivity index (χ1) is 6.71. The van der Waals surface area contributed by atoms with Crippen LogP contribution < -0.4 is 0 Å². The highest BCUT2D eigenvalue weighted by atomic mass is 16.3. The van der Waals surface area contributed by atoms with Crippen LogP contribution in [-0.4, -0.2) is 11.2 Å². The summed E-state index contributed by atoms with van der Waals surface area (Å²) in [5, 5.41) is 9.49. The average Bonchev–Trinajstić information content (AvgIpc) is 2.24. The molecule has 0 saturated heterocycles. The van der Waals surface area contributed by atoms with Gasteiger partial charge in [-0.05, 0) is 36.7 Å². The van der Waals surface area contributed by atoms with Crippen LogP contribution in [0.3, 0.4) is 0 Å². The van der Waals surface area contributed by atoms with E-state index in [1.165, 1.54) is 5.56 Å². The van der Waals surface area contributed by atoms with Gasteiger partial charge in [-0.15, -0.1) is 0 Å². The van der Waals surface area contributed by atoms with Crippen molar-refractivity contribution in [3.63, 3.8) is 0 Å². The van der Waals surface area contributed by atoms with E-state index in [9.17, 15) is 5.11 Å². The Morgan fingerprint density at radius 1 is 1.14 bits per heavy atom. The smallest absolute Gasteiger partial charge is 0.0540 e. The molecule has 1 aliphatic carbocycles. The van der Waals surface area contributed by atoms with Crippen LogP contribution in [-0.2, 0) is 5.41 Å². The number of aliphatic hydroxyl groups excluding tert-OH is 1. The van der Waals surface area contributed by atoms with Crippen LogP contribution in [0.4, 0.5) is 0 Å². The van der Waals surface area contributed by atoms with Crippen molar-refractivity contribution in [2.24, 2.45) is 0 Å². The molecule has 1 heteroatoms. The van der Waals surface area contributed by atoms with Crippen molar-refractivity contribution in [3.8, 4) is 0 Å². The Balaban J connectivity index is 2.17. The molecular weight excluding hydrogens is 172 g/mol. The van der Waals surface area contributed by atoms with Gasteiger partial charge in [-0.1, -0.05) is 37.3 Å². The fourth-order valence-corrected chi connectivity index (χ4v) is 2.37. The van der Waals surface area contributed by atoms with Gasteiger partial charge in [0.1, 0.15) is 0 Å². The van der Waals surface area contributed by atoms with Crippen molar-refractivity contribution in [3.05, 3.63) is 35.9 Å². The third kappa shape index (κ3) is 1.83. The van der Waals surface area contributed by atoms with Crippen LogP contribution in [0.2, 0.25) is 0 Å². The molecule has 1 saturated carbocycles. The van der Waals surface area contributed by atoms with E-state index < -0.39 is 0 Å². The second-order valence-corrected chi connectivity index (χ2v) is 4.66. The number of hydrogen-bond donors (Lipinski definition) is 1. The highest BCUT2D eigenvalue weighted by Crippen LogP contribution is 2.38. The second kappa shape index (κ2) is 3.74. The predicted molar refractivity (Wildman–Crippen MR) is 58.3 cm³/mol. The fraction of sp³-hybridized carbons (Fsp3) is 0.538. The third-order valence-corrected chi connectivity index (χ3v) is 3.53. The van der Waals surface area contributed by atoms with Gasteiger partial charge >= 0.3 is 0 Å². The molecule has 0 amide bonds. The minimum Gasteiger partial charge on any atom is -0.393 e. The van der Waals surface area contributed by atoms with Gasteiger partial charge in [0, 0.05) is 0 Å². The summed E-state index contributed by atoms with van der Waals surface area (Å²) in [6, 6.07) is 10.7. The average molecular weight is 190 g/mol. The summed E-state index contributed by atoms with van der Waals surface area (Å²) in [5.41, 5.74) is 1.72. The van der Waals surface area contributed by atoms with E-state index in [1.807, 2.05) is 0 Å². The van der Waals surface area contributed by atoms with E-state index in [4.69, 9.17) is 0 Å².